The number of hydrogen-bond acceptors (Lipinski definition) is 2. The highest BCUT2D eigenvalue weighted by Crippen LogP contribution is 2.44. The summed E-state index contributed by atoms with van der Waals surface area (Å²) in [5.74, 6) is 1.92. The van der Waals surface area contributed by atoms with Crippen LogP contribution in [-0.4, -0.2) is 7.85 Å². The van der Waals surface area contributed by atoms with Gasteiger partial charge in [-0.15, -0.1) is 5.73 Å². The number of anilines is 1. The lowest BCUT2D eigenvalue weighted by Gasteiger charge is -2.34. The van der Waals surface area contributed by atoms with E-state index in [0.29, 0.717) is 11.4 Å². The Balaban J connectivity index is 1.56. The van der Waals surface area contributed by atoms with Crippen molar-refractivity contribution < 1.29 is 4.42 Å². The first-order valence-corrected chi connectivity index (χ1v) is 19.9. The van der Waals surface area contributed by atoms with Gasteiger partial charge in [0.25, 0.3) is 0 Å². The van der Waals surface area contributed by atoms with Crippen LogP contribution in [0.1, 0.15) is 107 Å². The first-order chi connectivity index (χ1) is 26.3. The molecule has 1 heterocycles. The van der Waals surface area contributed by atoms with E-state index in [1.807, 2.05) is 12.2 Å². The van der Waals surface area contributed by atoms with Gasteiger partial charge in [0.1, 0.15) is 13.6 Å². The highest BCUT2D eigenvalue weighted by Gasteiger charge is 2.31. The Morgan fingerprint density at radius 3 is 2.45 bits per heavy atom. The first kappa shape index (κ1) is 38.1. The molecule has 1 aromatic heterocycles. The van der Waals surface area contributed by atoms with Crippen molar-refractivity contribution in [1.29, 1.82) is 0 Å². The molecule has 3 heteroatoms. The van der Waals surface area contributed by atoms with E-state index in [1.54, 1.807) is 0 Å². The second-order valence-electron chi connectivity index (χ2n) is 16.6. The van der Waals surface area contributed by atoms with E-state index in [-0.39, 0.29) is 5.41 Å². The zero-order valence-electron chi connectivity index (χ0n) is 34.1. The largest absolute Gasteiger partial charge is 0.454 e. The minimum Gasteiger partial charge on any atom is -0.454 e. The molecule has 0 fully saturated rings. The van der Waals surface area contributed by atoms with Crippen LogP contribution in [0.5, 0.6) is 0 Å². The Kier molecular flexibility index (Phi) is 10.5. The van der Waals surface area contributed by atoms with Gasteiger partial charge < -0.3 is 9.32 Å². The smallest absolute Gasteiger partial charge is 0.154 e. The zero-order valence-corrected chi connectivity index (χ0v) is 34.1. The van der Waals surface area contributed by atoms with Crippen LogP contribution in [0.2, 0.25) is 0 Å². The summed E-state index contributed by atoms with van der Waals surface area (Å²) in [6.45, 7) is 27.6. The Morgan fingerprint density at radius 1 is 0.982 bits per heavy atom. The number of hydrogen-bond donors (Lipinski definition) is 0. The number of rotatable bonds is 9. The lowest BCUT2D eigenvalue weighted by Crippen LogP contribution is -2.29. The standard InChI is InChI=1S/C52H54BNO/c1-11-17-45-44-24-16-25-49(44)55-51(45)38(8)54(47-28-35(5)32(2)26-27-52(9,10)31-36(47)6)48-30-39(40-20-13-12-18-33(40)3)29-46(50(48)53)43-23-15-22-42(37(43)7)41-21-14-19-34(41)4/h12-15,18-20,22-25,28-32H,5,8,11,17,21,26-27H2,1-4,6-7,9-10H3/b36-31?,47-28+. The van der Waals surface area contributed by atoms with Crippen LogP contribution in [0.25, 0.3) is 45.7 Å². The fourth-order valence-electron chi connectivity index (χ4n) is 8.69. The molecule has 2 nitrogen and oxygen atoms in total. The van der Waals surface area contributed by atoms with Crippen molar-refractivity contribution in [2.45, 2.75) is 87.5 Å². The van der Waals surface area contributed by atoms with Crippen molar-refractivity contribution >= 4 is 42.4 Å². The second kappa shape index (κ2) is 15.1. The van der Waals surface area contributed by atoms with Gasteiger partial charge in [-0.05, 0) is 145 Å². The van der Waals surface area contributed by atoms with Crippen molar-refractivity contribution in [3.05, 3.63) is 160 Å². The van der Waals surface area contributed by atoms with Crippen molar-refractivity contribution in [1.82, 2.24) is 0 Å². The molecule has 55 heavy (non-hydrogen) atoms. The maximum Gasteiger partial charge on any atom is 0.154 e. The number of nitrogens with zero attached hydrogens (tertiary/aromatic N) is 1. The van der Waals surface area contributed by atoms with E-state index in [1.165, 1.54) is 27.8 Å². The van der Waals surface area contributed by atoms with Gasteiger partial charge in [-0.1, -0.05) is 119 Å². The molecule has 0 saturated carbocycles. The Labute approximate surface area is 331 Å². The molecule has 0 N–H and O–H groups in total. The Hall–Kier alpha value is -5.24. The lowest BCUT2D eigenvalue weighted by atomic mass is 9.79. The monoisotopic (exact) mass is 719 g/mol. The van der Waals surface area contributed by atoms with Gasteiger partial charge in [-0.25, -0.2) is 0 Å². The van der Waals surface area contributed by atoms with E-state index in [0.717, 1.165) is 105 Å². The highest BCUT2D eigenvalue weighted by molar-refractivity contribution is 6.40. The van der Waals surface area contributed by atoms with Crippen molar-refractivity contribution in [3.63, 3.8) is 0 Å². The van der Waals surface area contributed by atoms with E-state index in [2.05, 4.69) is 152 Å². The summed E-state index contributed by atoms with van der Waals surface area (Å²) in [5.41, 5.74) is 21.8. The first-order valence-electron chi connectivity index (χ1n) is 19.9. The third-order valence-corrected chi connectivity index (χ3v) is 11.9. The Bertz CT molecular complexity index is 2430. The van der Waals surface area contributed by atoms with Crippen molar-refractivity contribution in [2.75, 3.05) is 4.90 Å². The van der Waals surface area contributed by atoms with Gasteiger partial charge in [0.05, 0.1) is 5.70 Å². The molecule has 1 atom stereocenters. The normalized spacial score (nSPS) is 18.5. The molecule has 0 spiro atoms. The number of benzene rings is 3. The van der Waals surface area contributed by atoms with Crippen LogP contribution in [0.15, 0.2) is 125 Å². The predicted molar refractivity (Wildman–Crippen MR) is 238 cm³/mol. The van der Waals surface area contributed by atoms with Gasteiger partial charge in [-0.3, -0.25) is 0 Å². The molecule has 7 rings (SSSR count). The average Bonchev–Trinajstić information content (AvgIpc) is 3.88. The molecule has 2 radical (unpaired) electrons. The van der Waals surface area contributed by atoms with E-state index in [9.17, 15) is 0 Å². The fraction of sp³-hybridized carbons (Fsp3) is 0.288. The topological polar surface area (TPSA) is 16.4 Å². The molecule has 0 bridgehead atoms. The quantitative estimate of drug-likeness (QED) is 0.111. The summed E-state index contributed by atoms with van der Waals surface area (Å²) >= 11 is 0. The number of furan rings is 1. The van der Waals surface area contributed by atoms with E-state index in [4.69, 9.17) is 18.8 Å². The minimum atomic E-state index is -0.0248. The third-order valence-electron chi connectivity index (χ3n) is 11.9. The highest BCUT2D eigenvalue weighted by atomic mass is 16.3. The molecule has 0 aliphatic heterocycles. The molecule has 1 unspecified atom stereocenters. The molecule has 4 aromatic rings. The SMILES string of the molecule is [B]c1c(-c2cccc(C3=C(C)C=CC3)c2C)cc(-c2ccccc2C)cc1N(C(=C)c1oc2c(c1CCC)C=C=C2)/C1=C/C(=C)C(C)CCC(C)(C)C=C1C. The molecule has 3 aliphatic rings. The van der Waals surface area contributed by atoms with Crippen molar-refractivity contribution in [2.24, 2.45) is 11.3 Å². The summed E-state index contributed by atoms with van der Waals surface area (Å²) in [7, 11) is 7.62. The molecular weight excluding hydrogens is 665 g/mol. The van der Waals surface area contributed by atoms with Crippen molar-refractivity contribution in [3.8, 4) is 22.3 Å². The van der Waals surface area contributed by atoms with Crippen LogP contribution in [0.3, 0.4) is 0 Å². The summed E-state index contributed by atoms with van der Waals surface area (Å²) in [6, 6.07) is 19.8. The van der Waals surface area contributed by atoms with E-state index < -0.39 is 0 Å². The van der Waals surface area contributed by atoms with Crippen LogP contribution in [0.4, 0.5) is 5.69 Å². The van der Waals surface area contributed by atoms with Gasteiger partial charge >= 0.3 is 0 Å². The predicted octanol–water partition coefficient (Wildman–Crippen LogP) is 13.7. The Morgan fingerprint density at radius 2 is 1.73 bits per heavy atom. The third kappa shape index (κ3) is 7.19. The lowest BCUT2D eigenvalue weighted by molar-refractivity contribution is 0.392. The minimum absolute atomic E-state index is 0.0248. The van der Waals surface area contributed by atoms with Gasteiger partial charge in [0.2, 0.25) is 0 Å². The van der Waals surface area contributed by atoms with Gasteiger partial charge in [-0.2, -0.15) is 0 Å². The molecule has 3 aromatic carbocycles. The summed E-state index contributed by atoms with van der Waals surface area (Å²) < 4.78 is 6.75. The number of allylic oxidation sites excluding steroid dienone is 8. The van der Waals surface area contributed by atoms with Crippen LogP contribution in [0, 0.1) is 25.2 Å². The maximum absolute atomic E-state index is 7.62. The second-order valence-corrected chi connectivity index (χ2v) is 16.6. The number of fused-ring (bicyclic) bond motifs is 1. The molecule has 276 valence electrons. The zero-order chi connectivity index (χ0) is 39.2. The molecule has 3 aliphatic carbocycles. The molecule has 0 amide bonds. The summed E-state index contributed by atoms with van der Waals surface area (Å²) in [4.78, 5) is 2.28. The average molecular weight is 720 g/mol. The van der Waals surface area contributed by atoms with Crippen LogP contribution >= 0.6 is 0 Å². The van der Waals surface area contributed by atoms with Crippen LogP contribution in [-0.2, 0) is 6.42 Å². The van der Waals surface area contributed by atoms with Crippen LogP contribution < -0.4 is 10.4 Å². The molecular formula is C52H54BNO. The van der Waals surface area contributed by atoms with E-state index >= 15 is 0 Å². The number of aryl methyl sites for hydroxylation is 1. The summed E-state index contributed by atoms with van der Waals surface area (Å²) in [6.07, 6.45) is 18.0. The van der Waals surface area contributed by atoms with Gasteiger partial charge in [0, 0.05) is 28.6 Å². The molecule has 0 saturated heterocycles. The fourth-order valence-corrected chi connectivity index (χ4v) is 8.69. The summed E-state index contributed by atoms with van der Waals surface area (Å²) in [5, 5.41) is 0. The van der Waals surface area contributed by atoms with Gasteiger partial charge in [0.15, 0.2) is 5.76 Å². The maximum atomic E-state index is 7.62.